The molecule has 7 heteroatoms. The van der Waals surface area contributed by atoms with Gasteiger partial charge in [-0.05, 0) is 42.8 Å². The van der Waals surface area contributed by atoms with E-state index in [1.807, 2.05) is 6.92 Å². The molecule has 0 spiro atoms. The number of methoxy groups -OCH3 is 3. The second-order valence-corrected chi connectivity index (χ2v) is 5.51. The Morgan fingerprint density at radius 1 is 0.926 bits per heavy atom. The predicted molar refractivity (Wildman–Crippen MR) is 99.7 cm³/mol. The van der Waals surface area contributed by atoms with Crippen molar-refractivity contribution in [3.63, 3.8) is 0 Å². The predicted octanol–water partition coefficient (Wildman–Crippen LogP) is 2.82. The van der Waals surface area contributed by atoms with E-state index in [0.29, 0.717) is 35.0 Å². The van der Waals surface area contributed by atoms with Crippen LogP contribution in [0.4, 0.5) is 0 Å². The van der Waals surface area contributed by atoms with Gasteiger partial charge in [0.25, 0.3) is 5.91 Å². The van der Waals surface area contributed by atoms with Gasteiger partial charge in [-0.25, -0.2) is 4.79 Å². The standard InChI is InChI=1S/C20H23NO6/c1-5-27-18-11-14(7-9-17(18)25-3)19(22)21-12-13-6-8-16(24-2)15(10-13)20(23)26-4/h6-11H,5,12H2,1-4H3,(H,21,22). The first-order valence-corrected chi connectivity index (χ1v) is 8.38. The minimum Gasteiger partial charge on any atom is -0.496 e. The van der Waals surface area contributed by atoms with Crippen molar-refractivity contribution in [2.24, 2.45) is 0 Å². The zero-order valence-corrected chi connectivity index (χ0v) is 15.8. The Hall–Kier alpha value is -3.22. The van der Waals surface area contributed by atoms with Gasteiger partial charge in [0.1, 0.15) is 11.3 Å². The highest BCUT2D eigenvalue weighted by atomic mass is 16.5. The summed E-state index contributed by atoms with van der Waals surface area (Å²) in [7, 11) is 4.32. The molecule has 0 aliphatic heterocycles. The third kappa shape index (κ3) is 4.91. The highest BCUT2D eigenvalue weighted by Gasteiger charge is 2.15. The molecule has 0 fully saturated rings. The van der Waals surface area contributed by atoms with Gasteiger partial charge in [-0.1, -0.05) is 6.07 Å². The molecular weight excluding hydrogens is 350 g/mol. The molecule has 0 radical (unpaired) electrons. The molecule has 0 heterocycles. The highest BCUT2D eigenvalue weighted by Crippen LogP contribution is 2.28. The molecule has 2 aromatic rings. The fourth-order valence-electron chi connectivity index (χ4n) is 2.51. The van der Waals surface area contributed by atoms with Crippen molar-refractivity contribution in [1.82, 2.24) is 5.32 Å². The monoisotopic (exact) mass is 373 g/mol. The lowest BCUT2D eigenvalue weighted by atomic mass is 10.1. The smallest absolute Gasteiger partial charge is 0.341 e. The van der Waals surface area contributed by atoms with E-state index in [-0.39, 0.29) is 12.5 Å². The molecule has 1 N–H and O–H groups in total. The van der Waals surface area contributed by atoms with E-state index >= 15 is 0 Å². The number of carbonyl (C=O) groups is 2. The van der Waals surface area contributed by atoms with Crippen LogP contribution in [0.2, 0.25) is 0 Å². The molecule has 0 aromatic heterocycles. The van der Waals surface area contributed by atoms with Crippen LogP contribution in [0.25, 0.3) is 0 Å². The summed E-state index contributed by atoms with van der Waals surface area (Å²) < 4.78 is 20.6. The number of hydrogen-bond donors (Lipinski definition) is 1. The Balaban J connectivity index is 2.13. The van der Waals surface area contributed by atoms with E-state index in [2.05, 4.69) is 5.32 Å². The van der Waals surface area contributed by atoms with Crippen LogP contribution in [-0.2, 0) is 11.3 Å². The molecule has 0 unspecified atom stereocenters. The first-order chi connectivity index (χ1) is 13.0. The summed E-state index contributed by atoms with van der Waals surface area (Å²) in [5.74, 6) is 0.704. The fraction of sp³-hybridized carbons (Fsp3) is 0.300. The first-order valence-electron chi connectivity index (χ1n) is 8.38. The fourth-order valence-corrected chi connectivity index (χ4v) is 2.51. The Labute approximate surface area is 158 Å². The van der Waals surface area contributed by atoms with E-state index in [4.69, 9.17) is 18.9 Å². The van der Waals surface area contributed by atoms with E-state index in [1.165, 1.54) is 14.2 Å². The molecule has 0 atom stereocenters. The summed E-state index contributed by atoms with van der Waals surface area (Å²) >= 11 is 0. The van der Waals surface area contributed by atoms with Gasteiger partial charge in [-0.3, -0.25) is 4.79 Å². The molecule has 0 bridgehead atoms. The van der Waals surface area contributed by atoms with Crippen LogP contribution in [0, 0.1) is 0 Å². The van der Waals surface area contributed by atoms with Gasteiger partial charge in [-0.15, -0.1) is 0 Å². The van der Waals surface area contributed by atoms with Crippen LogP contribution in [0.3, 0.4) is 0 Å². The summed E-state index contributed by atoms with van der Waals surface area (Å²) in [6.45, 7) is 2.56. The quantitative estimate of drug-likeness (QED) is 0.717. The Kier molecular flexibility index (Phi) is 7.05. The summed E-state index contributed by atoms with van der Waals surface area (Å²) in [5.41, 5.74) is 1.49. The highest BCUT2D eigenvalue weighted by molar-refractivity contribution is 5.95. The van der Waals surface area contributed by atoms with Gasteiger partial charge in [0.05, 0.1) is 27.9 Å². The van der Waals surface area contributed by atoms with Crippen molar-refractivity contribution in [2.75, 3.05) is 27.9 Å². The summed E-state index contributed by atoms with van der Waals surface area (Å²) in [6.07, 6.45) is 0. The molecular formula is C20H23NO6. The molecule has 2 aromatic carbocycles. The van der Waals surface area contributed by atoms with E-state index in [0.717, 1.165) is 5.56 Å². The molecule has 27 heavy (non-hydrogen) atoms. The zero-order chi connectivity index (χ0) is 19.8. The lowest BCUT2D eigenvalue weighted by Gasteiger charge is -2.12. The van der Waals surface area contributed by atoms with Crippen molar-refractivity contribution in [1.29, 1.82) is 0 Å². The Morgan fingerprint density at radius 2 is 1.63 bits per heavy atom. The Morgan fingerprint density at radius 3 is 2.26 bits per heavy atom. The largest absolute Gasteiger partial charge is 0.496 e. The second kappa shape index (κ2) is 9.47. The van der Waals surface area contributed by atoms with Crippen LogP contribution in [0.5, 0.6) is 17.2 Å². The van der Waals surface area contributed by atoms with Gasteiger partial charge < -0.3 is 24.3 Å². The van der Waals surface area contributed by atoms with Crippen molar-refractivity contribution >= 4 is 11.9 Å². The lowest BCUT2D eigenvalue weighted by molar-refractivity contribution is 0.0597. The Bertz CT molecular complexity index is 818. The van der Waals surface area contributed by atoms with Gasteiger partial charge in [-0.2, -0.15) is 0 Å². The molecule has 0 saturated carbocycles. The van der Waals surface area contributed by atoms with Crippen LogP contribution in [0.15, 0.2) is 36.4 Å². The van der Waals surface area contributed by atoms with Crippen molar-refractivity contribution < 1.29 is 28.5 Å². The average molecular weight is 373 g/mol. The summed E-state index contributed by atoms with van der Waals surface area (Å²) in [4.78, 5) is 24.3. The van der Waals surface area contributed by atoms with Crippen molar-refractivity contribution in [2.45, 2.75) is 13.5 Å². The van der Waals surface area contributed by atoms with Crippen LogP contribution in [0.1, 0.15) is 33.2 Å². The molecule has 0 saturated heterocycles. The van der Waals surface area contributed by atoms with E-state index in [9.17, 15) is 9.59 Å². The third-order valence-electron chi connectivity index (χ3n) is 3.85. The molecule has 1 amide bonds. The number of nitrogens with one attached hydrogen (secondary N) is 1. The number of esters is 1. The lowest BCUT2D eigenvalue weighted by Crippen LogP contribution is -2.23. The number of benzene rings is 2. The van der Waals surface area contributed by atoms with Crippen molar-refractivity contribution in [3.05, 3.63) is 53.1 Å². The maximum atomic E-state index is 12.4. The van der Waals surface area contributed by atoms with Gasteiger partial charge in [0, 0.05) is 12.1 Å². The number of hydrogen-bond acceptors (Lipinski definition) is 6. The molecule has 144 valence electrons. The number of rotatable bonds is 8. The number of ether oxygens (including phenoxy) is 4. The third-order valence-corrected chi connectivity index (χ3v) is 3.85. The van der Waals surface area contributed by atoms with Gasteiger partial charge in [0.15, 0.2) is 11.5 Å². The second-order valence-electron chi connectivity index (χ2n) is 5.51. The minimum absolute atomic E-state index is 0.239. The zero-order valence-electron chi connectivity index (χ0n) is 15.8. The van der Waals surface area contributed by atoms with E-state index < -0.39 is 5.97 Å². The normalized spacial score (nSPS) is 10.1. The minimum atomic E-state index is -0.503. The molecule has 2 rings (SSSR count). The van der Waals surface area contributed by atoms with Crippen LogP contribution in [-0.4, -0.2) is 39.8 Å². The SMILES string of the molecule is CCOc1cc(C(=O)NCc2ccc(OC)c(C(=O)OC)c2)ccc1OC. The van der Waals surface area contributed by atoms with Crippen LogP contribution < -0.4 is 19.5 Å². The van der Waals surface area contributed by atoms with E-state index in [1.54, 1.807) is 43.5 Å². The molecule has 0 aliphatic carbocycles. The summed E-state index contributed by atoms with van der Waals surface area (Å²) in [5, 5.41) is 2.82. The maximum Gasteiger partial charge on any atom is 0.341 e. The van der Waals surface area contributed by atoms with Gasteiger partial charge in [0.2, 0.25) is 0 Å². The van der Waals surface area contributed by atoms with Crippen molar-refractivity contribution in [3.8, 4) is 17.2 Å². The average Bonchev–Trinajstić information content (AvgIpc) is 2.71. The molecule has 7 nitrogen and oxygen atoms in total. The van der Waals surface area contributed by atoms with Crippen LogP contribution >= 0.6 is 0 Å². The summed E-state index contributed by atoms with van der Waals surface area (Å²) in [6, 6.07) is 10.0. The molecule has 0 aliphatic rings. The number of carbonyl (C=O) groups excluding carboxylic acids is 2. The first kappa shape index (κ1) is 20.1. The maximum absolute atomic E-state index is 12.4. The van der Waals surface area contributed by atoms with Gasteiger partial charge >= 0.3 is 5.97 Å². The topological polar surface area (TPSA) is 83.1 Å². The number of amides is 1.